The molecule has 7 aromatic carbocycles. The average molecular weight is 601 g/mol. The van der Waals surface area contributed by atoms with Crippen LogP contribution in [0, 0.1) is 0 Å². The van der Waals surface area contributed by atoms with Crippen LogP contribution in [0.5, 0.6) is 11.5 Å². The SMILES string of the molecule is CC1(C)c2ccccc2-c2cc3c(c(-c4cccc5c4[nH]c4c6ccccc6ccc54)c21)Bc1cccc2c1N3c1ccccc1O2. The molecule has 47 heavy (non-hydrogen) atoms. The molecule has 11 rings (SSSR count). The molecule has 0 spiro atoms. The van der Waals surface area contributed by atoms with E-state index in [1.165, 1.54) is 82.6 Å². The van der Waals surface area contributed by atoms with E-state index in [-0.39, 0.29) is 5.41 Å². The summed E-state index contributed by atoms with van der Waals surface area (Å²) in [6.45, 7) is 4.82. The third-order valence-electron chi connectivity index (χ3n) is 11.0. The lowest BCUT2D eigenvalue weighted by Gasteiger charge is -2.40. The number of rotatable bonds is 1. The second-order valence-corrected chi connectivity index (χ2v) is 13.8. The number of fused-ring (bicyclic) bond motifs is 12. The van der Waals surface area contributed by atoms with E-state index in [1.54, 1.807) is 0 Å². The summed E-state index contributed by atoms with van der Waals surface area (Å²) in [7, 11) is 0.828. The minimum absolute atomic E-state index is 0.178. The van der Waals surface area contributed by atoms with E-state index >= 15 is 0 Å². The maximum atomic E-state index is 6.52. The molecule has 2 aliphatic heterocycles. The molecule has 4 heteroatoms. The van der Waals surface area contributed by atoms with Gasteiger partial charge in [-0.1, -0.05) is 122 Å². The summed E-state index contributed by atoms with van der Waals surface area (Å²) in [6.07, 6.45) is 0. The Morgan fingerprint density at radius 3 is 2.32 bits per heavy atom. The summed E-state index contributed by atoms with van der Waals surface area (Å²) in [5, 5.41) is 5.03. The number of ether oxygens (including phenoxy) is 1. The van der Waals surface area contributed by atoms with E-state index in [2.05, 4.69) is 151 Å². The lowest BCUT2D eigenvalue weighted by molar-refractivity contribution is 0.477. The van der Waals surface area contributed by atoms with Gasteiger partial charge < -0.3 is 14.6 Å². The molecule has 3 heterocycles. The zero-order chi connectivity index (χ0) is 31.0. The quantitative estimate of drug-likeness (QED) is 0.190. The zero-order valence-electron chi connectivity index (χ0n) is 26.2. The zero-order valence-corrected chi connectivity index (χ0v) is 26.2. The fraction of sp³-hybridized carbons (Fsp3) is 0.0698. The van der Waals surface area contributed by atoms with Crippen LogP contribution in [0.15, 0.2) is 127 Å². The average Bonchev–Trinajstić information content (AvgIpc) is 3.60. The van der Waals surface area contributed by atoms with E-state index < -0.39 is 0 Å². The highest BCUT2D eigenvalue weighted by atomic mass is 16.5. The Morgan fingerprint density at radius 2 is 1.36 bits per heavy atom. The molecule has 8 aromatic rings. The summed E-state index contributed by atoms with van der Waals surface area (Å²) in [6, 6.07) is 46.6. The fourth-order valence-electron chi connectivity index (χ4n) is 8.97. The Balaban J connectivity index is 1.30. The summed E-state index contributed by atoms with van der Waals surface area (Å²) < 4.78 is 6.52. The van der Waals surface area contributed by atoms with Crippen LogP contribution in [0.1, 0.15) is 25.0 Å². The number of H-pyrrole nitrogens is 1. The molecule has 0 bridgehead atoms. The van der Waals surface area contributed by atoms with Crippen LogP contribution in [0.25, 0.3) is 54.8 Å². The largest absolute Gasteiger partial charge is 0.453 e. The molecule has 3 aliphatic rings. The molecule has 1 aliphatic carbocycles. The monoisotopic (exact) mass is 600 g/mol. The smallest absolute Gasteiger partial charge is 0.198 e. The minimum atomic E-state index is -0.178. The van der Waals surface area contributed by atoms with Gasteiger partial charge in [0.1, 0.15) is 0 Å². The van der Waals surface area contributed by atoms with E-state index in [0.29, 0.717) is 0 Å². The summed E-state index contributed by atoms with van der Waals surface area (Å²) >= 11 is 0. The number of nitrogens with zero attached hydrogens (tertiary/aromatic N) is 1. The van der Waals surface area contributed by atoms with E-state index in [1.807, 2.05) is 0 Å². The fourth-order valence-corrected chi connectivity index (χ4v) is 8.97. The number of para-hydroxylation sites is 4. The predicted molar refractivity (Wildman–Crippen MR) is 197 cm³/mol. The number of hydrogen-bond donors (Lipinski definition) is 1. The maximum Gasteiger partial charge on any atom is 0.198 e. The number of nitrogens with one attached hydrogen (secondary N) is 1. The highest BCUT2D eigenvalue weighted by Gasteiger charge is 2.43. The number of hydrogen-bond acceptors (Lipinski definition) is 2. The van der Waals surface area contributed by atoms with Gasteiger partial charge in [0.25, 0.3) is 0 Å². The lowest BCUT2D eigenvalue weighted by Crippen LogP contribution is -2.43. The summed E-state index contributed by atoms with van der Waals surface area (Å²) in [4.78, 5) is 6.45. The van der Waals surface area contributed by atoms with Gasteiger partial charge in [-0.2, -0.15) is 0 Å². The second-order valence-electron chi connectivity index (χ2n) is 13.8. The van der Waals surface area contributed by atoms with Crippen LogP contribution in [-0.2, 0) is 5.41 Å². The minimum Gasteiger partial charge on any atom is -0.453 e. The molecule has 0 amide bonds. The first-order valence-corrected chi connectivity index (χ1v) is 16.5. The van der Waals surface area contributed by atoms with Gasteiger partial charge in [0.15, 0.2) is 18.8 Å². The molecule has 0 saturated carbocycles. The first-order chi connectivity index (χ1) is 23.1. The van der Waals surface area contributed by atoms with Gasteiger partial charge in [0.05, 0.1) is 22.4 Å². The summed E-state index contributed by atoms with van der Waals surface area (Å²) in [5.41, 5.74) is 16.4. The van der Waals surface area contributed by atoms with E-state index in [9.17, 15) is 0 Å². The van der Waals surface area contributed by atoms with Crippen LogP contribution < -0.4 is 20.6 Å². The second kappa shape index (κ2) is 8.74. The van der Waals surface area contributed by atoms with E-state index in [0.717, 1.165) is 30.2 Å². The third kappa shape index (κ3) is 3.18. The maximum absolute atomic E-state index is 6.52. The van der Waals surface area contributed by atoms with Crippen molar-refractivity contribution in [2.24, 2.45) is 0 Å². The van der Waals surface area contributed by atoms with Gasteiger partial charge in [-0.25, -0.2) is 0 Å². The predicted octanol–water partition coefficient (Wildman–Crippen LogP) is 9.72. The van der Waals surface area contributed by atoms with Crippen molar-refractivity contribution in [3.63, 3.8) is 0 Å². The van der Waals surface area contributed by atoms with Crippen LogP contribution in [0.2, 0.25) is 0 Å². The third-order valence-corrected chi connectivity index (χ3v) is 11.0. The molecule has 0 saturated heterocycles. The van der Waals surface area contributed by atoms with Gasteiger partial charge in [-0.05, 0) is 62.9 Å². The molecule has 0 atom stereocenters. The Labute approximate surface area is 273 Å². The number of benzene rings is 7. The first-order valence-electron chi connectivity index (χ1n) is 16.5. The highest BCUT2D eigenvalue weighted by molar-refractivity contribution is 6.73. The van der Waals surface area contributed by atoms with Crippen LogP contribution in [0.4, 0.5) is 17.1 Å². The van der Waals surface area contributed by atoms with Crippen molar-refractivity contribution in [1.82, 2.24) is 4.98 Å². The van der Waals surface area contributed by atoms with Crippen molar-refractivity contribution >= 4 is 67.8 Å². The molecular weight excluding hydrogens is 571 g/mol. The number of aromatic amines is 1. The number of anilines is 3. The standard InChI is InChI=1S/C43H29BN2O/c1-43(2)31-16-6-5-13-26(31)30-23-34-39(44-32-17-10-20-36-42(32)46(34)33-18-7-8-19-35(33)47-36)37(38(30)43)29-15-9-14-27-28-22-21-24-11-3-4-12-25(24)40(28)45-41(27)29/h3-23,44-45H,1-2H3. The normalized spacial score (nSPS) is 14.6. The molecule has 0 fully saturated rings. The van der Waals surface area contributed by atoms with Gasteiger partial charge in [0.2, 0.25) is 0 Å². The first kappa shape index (κ1) is 25.5. The molecule has 1 N–H and O–H groups in total. The van der Waals surface area contributed by atoms with Crippen molar-refractivity contribution in [3.8, 4) is 33.8 Å². The molecule has 220 valence electrons. The van der Waals surface area contributed by atoms with E-state index in [4.69, 9.17) is 4.74 Å². The molecule has 3 nitrogen and oxygen atoms in total. The Morgan fingerprint density at radius 1 is 0.617 bits per heavy atom. The van der Waals surface area contributed by atoms with Crippen molar-refractivity contribution in [1.29, 1.82) is 0 Å². The lowest BCUT2D eigenvalue weighted by atomic mass is 9.56. The molecule has 0 radical (unpaired) electrons. The van der Waals surface area contributed by atoms with Gasteiger partial charge in [0, 0.05) is 32.8 Å². The van der Waals surface area contributed by atoms with Crippen molar-refractivity contribution in [2.75, 3.05) is 4.90 Å². The molecular formula is C43H29BN2O. The van der Waals surface area contributed by atoms with Crippen molar-refractivity contribution in [2.45, 2.75) is 19.3 Å². The number of aromatic nitrogens is 1. The van der Waals surface area contributed by atoms with Crippen LogP contribution in [-0.4, -0.2) is 12.3 Å². The van der Waals surface area contributed by atoms with Crippen LogP contribution >= 0.6 is 0 Å². The molecule has 1 aromatic heterocycles. The van der Waals surface area contributed by atoms with Gasteiger partial charge in [-0.15, -0.1) is 0 Å². The van der Waals surface area contributed by atoms with Crippen molar-refractivity contribution < 1.29 is 4.74 Å². The molecule has 0 unspecified atom stereocenters. The topological polar surface area (TPSA) is 28.3 Å². The Hall–Kier alpha value is -5.74. The van der Waals surface area contributed by atoms with Crippen LogP contribution in [0.3, 0.4) is 0 Å². The summed E-state index contributed by atoms with van der Waals surface area (Å²) in [5.74, 6) is 1.80. The van der Waals surface area contributed by atoms with Gasteiger partial charge >= 0.3 is 0 Å². The Kier molecular flexibility index (Phi) is 4.74. The highest BCUT2D eigenvalue weighted by Crippen LogP contribution is 2.57. The van der Waals surface area contributed by atoms with Crippen molar-refractivity contribution in [3.05, 3.63) is 139 Å². The Bertz CT molecular complexity index is 2680. The van der Waals surface area contributed by atoms with Gasteiger partial charge in [-0.3, -0.25) is 0 Å².